The van der Waals surface area contributed by atoms with Crippen LogP contribution in [0.2, 0.25) is 0 Å². The first-order valence-corrected chi connectivity index (χ1v) is 5.11. The Morgan fingerprint density at radius 3 is 2.40 bits per heavy atom. The molecule has 0 radical (unpaired) electrons. The SMILES string of the molecule is CCOC(=O)CNCC(=O)N(C)C(C)C. The third kappa shape index (κ3) is 6.06. The lowest BCUT2D eigenvalue weighted by Gasteiger charge is -2.21. The summed E-state index contributed by atoms with van der Waals surface area (Å²) < 4.78 is 4.71. The van der Waals surface area contributed by atoms with Gasteiger partial charge in [0.25, 0.3) is 0 Å². The fraction of sp³-hybridized carbons (Fsp3) is 0.800. The van der Waals surface area contributed by atoms with E-state index in [2.05, 4.69) is 5.32 Å². The van der Waals surface area contributed by atoms with Crippen molar-refractivity contribution in [2.24, 2.45) is 0 Å². The summed E-state index contributed by atoms with van der Waals surface area (Å²) in [4.78, 5) is 24.0. The third-order valence-corrected chi connectivity index (χ3v) is 2.02. The number of carbonyl (C=O) groups is 2. The second kappa shape index (κ2) is 7.23. The molecule has 0 rings (SSSR count). The molecule has 1 amide bonds. The fourth-order valence-electron chi connectivity index (χ4n) is 0.896. The molecule has 0 saturated heterocycles. The smallest absolute Gasteiger partial charge is 0.319 e. The number of nitrogens with one attached hydrogen (secondary N) is 1. The lowest BCUT2D eigenvalue weighted by molar-refractivity contribution is -0.142. The molecule has 0 aromatic carbocycles. The Balaban J connectivity index is 3.68. The Morgan fingerprint density at radius 1 is 1.33 bits per heavy atom. The molecule has 1 N–H and O–H groups in total. The molecule has 0 aromatic rings. The van der Waals surface area contributed by atoms with Crippen molar-refractivity contribution in [2.45, 2.75) is 26.8 Å². The highest BCUT2D eigenvalue weighted by Crippen LogP contribution is 1.92. The zero-order valence-corrected chi connectivity index (χ0v) is 9.87. The molecule has 0 aliphatic heterocycles. The average molecular weight is 216 g/mol. The van der Waals surface area contributed by atoms with Crippen molar-refractivity contribution >= 4 is 11.9 Å². The molecule has 5 nitrogen and oxygen atoms in total. The van der Waals surface area contributed by atoms with Gasteiger partial charge in [0, 0.05) is 13.1 Å². The van der Waals surface area contributed by atoms with Crippen molar-refractivity contribution in [3.63, 3.8) is 0 Å². The molecule has 0 aliphatic rings. The number of likely N-dealkylation sites (N-methyl/N-ethyl adjacent to an activating group) is 1. The van der Waals surface area contributed by atoms with Gasteiger partial charge in [0.1, 0.15) is 0 Å². The molecular formula is C10H20N2O3. The van der Waals surface area contributed by atoms with Crippen molar-refractivity contribution in [3.05, 3.63) is 0 Å². The van der Waals surface area contributed by atoms with Crippen molar-refractivity contribution in [2.75, 3.05) is 26.7 Å². The lowest BCUT2D eigenvalue weighted by atomic mass is 10.3. The maximum absolute atomic E-state index is 11.4. The topological polar surface area (TPSA) is 58.6 Å². The number of ether oxygens (including phenoxy) is 1. The zero-order chi connectivity index (χ0) is 11.8. The number of hydrogen-bond acceptors (Lipinski definition) is 4. The van der Waals surface area contributed by atoms with Gasteiger partial charge in [0.2, 0.25) is 5.91 Å². The number of hydrogen-bond donors (Lipinski definition) is 1. The van der Waals surface area contributed by atoms with Crippen LogP contribution in [0.5, 0.6) is 0 Å². The van der Waals surface area contributed by atoms with Crippen molar-refractivity contribution in [1.29, 1.82) is 0 Å². The first kappa shape index (κ1) is 13.9. The molecule has 88 valence electrons. The number of amides is 1. The van der Waals surface area contributed by atoms with Crippen LogP contribution in [0, 0.1) is 0 Å². The van der Waals surface area contributed by atoms with E-state index in [-0.39, 0.29) is 31.0 Å². The predicted molar refractivity (Wildman–Crippen MR) is 57.4 cm³/mol. The van der Waals surface area contributed by atoms with Crippen molar-refractivity contribution in [1.82, 2.24) is 10.2 Å². The second-order valence-electron chi connectivity index (χ2n) is 3.51. The van der Waals surface area contributed by atoms with Crippen LogP contribution in [-0.4, -0.2) is 49.6 Å². The Kier molecular flexibility index (Phi) is 6.70. The van der Waals surface area contributed by atoms with E-state index in [1.807, 2.05) is 13.8 Å². The van der Waals surface area contributed by atoms with E-state index in [1.54, 1.807) is 18.9 Å². The van der Waals surface area contributed by atoms with E-state index in [9.17, 15) is 9.59 Å². The Hall–Kier alpha value is -1.10. The molecule has 5 heteroatoms. The molecule has 15 heavy (non-hydrogen) atoms. The largest absolute Gasteiger partial charge is 0.465 e. The van der Waals surface area contributed by atoms with Gasteiger partial charge in [0.05, 0.1) is 19.7 Å². The van der Waals surface area contributed by atoms with Crippen LogP contribution in [-0.2, 0) is 14.3 Å². The predicted octanol–water partition coefficient (Wildman–Crippen LogP) is 0.00590. The van der Waals surface area contributed by atoms with Gasteiger partial charge >= 0.3 is 5.97 Å². The molecule has 0 unspecified atom stereocenters. The normalized spacial score (nSPS) is 10.2. The Bertz CT molecular complexity index is 217. The van der Waals surface area contributed by atoms with Gasteiger partial charge in [-0.3, -0.25) is 14.9 Å². The molecule has 0 aliphatic carbocycles. The van der Waals surface area contributed by atoms with Gasteiger partial charge in [0.15, 0.2) is 0 Å². The van der Waals surface area contributed by atoms with E-state index in [1.165, 1.54) is 0 Å². The van der Waals surface area contributed by atoms with Crippen LogP contribution < -0.4 is 5.32 Å². The molecule has 0 aromatic heterocycles. The van der Waals surface area contributed by atoms with Crippen LogP contribution in [0.25, 0.3) is 0 Å². The van der Waals surface area contributed by atoms with Gasteiger partial charge in [-0.15, -0.1) is 0 Å². The first-order chi connectivity index (χ1) is 6.99. The molecule has 0 atom stereocenters. The summed E-state index contributed by atoms with van der Waals surface area (Å²) in [6.07, 6.45) is 0. The monoisotopic (exact) mass is 216 g/mol. The standard InChI is InChI=1S/C10H20N2O3/c1-5-15-10(14)7-11-6-9(13)12(4)8(2)3/h8,11H,5-7H2,1-4H3. The summed E-state index contributed by atoms with van der Waals surface area (Å²) in [5, 5.41) is 2.74. The number of rotatable bonds is 6. The van der Waals surface area contributed by atoms with Gasteiger partial charge in [-0.2, -0.15) is 0 Å². The highest BCUT2D eigenvalue weighted by atomic mass is 16.5. The summed E-state index contributed by atoms with van der Waals surface area (Å²) in [5.74, 6) is -0.369. The van der Waals surface area contributed by atoms with E-state index < -0.39 is 0 Å². The summed E-state index contributed by atoms with van der Waals surface area (Å²) >= 11 is 0. The van der Waals surface area contributed by atoms with Crippen molar-refractivity contribution < 1.29 is 14.3 Å². The Morgan fingerprint density at radius 2 is 1.93 bits per heavy atom. The van der Waals surface area contributed by atoms with Gasteiger partial charge in [-0.1, -0.05) is 0 Å². The quantitative estimate of drug-likeness (QED) is 0.635. The number of esters is 1. The van der Waals surface area contributed by atoms with Gasteiger partial charge in [-0.25, -0.2) is 0 Å². The minimum absolute atomic E-state index is 0.0331. The Labute approximate surface area is 90.8 Å². The molecule has 0 fully saturated rings. The number of nitrogens with zero attached hydrogens (tertiary/aromatic N) is 1. The van der Waals surface area contributed by atoms with Crippen LogP contribution >= 0.6 is 0 Å². The summed E-state index contributed by atoms with van der Waals surface area (Å²) in [6, 6.07) is 0.168. The minimum Gasteiger partial charge on any atom is -0.465 e. The van der Waals surface area contributed by atoms with Crippen LogP contribution in [0.3, 0.4) is 0 Å². The van der Waals surface area contributed by atoms with Crippen LogP contribution in [0.15, 0.2) is 0 Å². The average Bonchev–Trinajstić information content (AvgIpc) is 2.16. The fourth-order valence-corrected chi connectivity index (χ4v) is 0.896. The van der Waals surface area contributed by atoms with E-state index in [4.69, 9.17) is 4.74 Å². The first-order valence-electron chi connectivity index (χ1n) is 5.11. The third-order valence-electron chi connectivity index (χ3n) is 2.02. The van der Waals surface area contributed by atoms with E-state index in [0.29, 0.717) is 6.61 Å². The number of carbonyl (C=O) groups excluding carboxylic acids is 2. The van der Waals surface area contributed by atoms with E-state index in [0.717, 1.165) is 0 Å². The summed E-state index contributed by atoms with van der Waals surface area (Å²) in [7, 11) is 1.74. The molecule has 0 bridgehead atoms. The van der Waals surface area contributed by atoms with E-state index >= 15 is 0 Å². The van der Waals surface area contributed by atoms with Gasteiger partial charge in [-0.05, 0) is 20.8 Å². The maximum Gasteiger partial charge on any atom is 0.319 e. The van der Waals surface area contributed by atoms with Crippen molar-refractivity contribution in [3.8, 4) is 0 Å². The molecule has 0 spiro atoms. The molecule has 0 heterocycles. The van der Waals surface area contributed by atoms with Crippen LogP contribution in [0.1, 0.15) is 20.8 Å². The maximum atomic E-state index is 11.4. The lowest BCUT2D eigenvalue weighted by Crippen LogP contribution is -2.40. The van der Waals surface area contributed by atoms with Crippen LogP contribution in [0.4, 0.5) is 0 Å². The highest BCUT2D eigenvalue weighted by molar-refractivity contribution is 5.79. The summed E-state index contributed by atoms with van der Waals surface area (Å²) in [5.41, 5.74) is 0. The molecule has 0 saturated carbocycles. The zero-order valence-electron chi connectivity index (χ0n) is 9.87. The second-order valence-corrected chi connectivity index (χ2v) is 3.51. The molecular weight excluding hydrogens is 196 g/mol. The van der Waals surface area contributed by atoms with Gasteiger partial charge < -0.3 is 9.64 Å². The minimum atomic E-state index is -0.336. The summed E-state index contributed by atoms with van der Waals surface area (Å²) in [6.45, 7) is 6.21. The highest BCUT2D eigenvalue weighted by Gasteiger charge is 2.11.